The molecule has 0 atom stereocenters. The molecule has 26 heavy (non-hydrogen) atoms. The smallest absolute Gasteiger partial charge is 0.224 e. The molecule has 2 aromatic heterocycles. The molecule has 3 aromatic rings. The number of aromatic amines is 1. The van der Waals surface area contributed by atoms with Crippen molar-refractivity contribution in [2.75, 3.05) is 13.1 Å². The Labute approximate surface area is 149 Å². The average molecular weight is 354 g/mol. The van der Waals surface area contributed by atoms with E-state index in [2.05, 4.69) is 20.5 Å². The van der Waals surface area contributed by atoms with E-state index in [0.717, 1.165) is 16.5 Å². The van der Waals surface area contributed by atoms with Crippen molar-refractivity contribution in [2.45, 2.75) is 26.3 Å². The Balaban J connectivity index is 1.52. The summed E-state index contributed by atoms with van der Waals surface area (Å²) in [5.41, 5.74) is 2.74. The first-order valence-electron chi connectivity index (χ1n) is 8.57. The largest absolute Gasteiger partial charge is 0.338 e. The predicted molar refractivity (Wildman–Crippen MR) is 94.6 cm³/mol. The van der Waals surface area contributed by atoms with Crippen LogP contribution in [0.3, 0.4) is 0 Å². The van der Waals surface area contributed by atoms with Crippen LogP contribution in [-0.2, 0) is 11.3 Å². The van der Waals surface area contributed by atoms with Crippen molar-refractivity contribution in [3.63, 3.8) is 0 Å². The van der Waals surface area contributed by atoms with Crippen LogP contribution in [0.5, 0.6) is 0 Å². The van der Waals surface area contributed by atoms with Crippen LogP contribution in [0.2, 0.25) is 0 Å². The lowest BCUT2D eigenvalue weighted by Crippen LogP contribution is -2.36. The minimum Gasteiger partial charge on any atom is -0.338 e. The van der Waals surface area contributed by atoms with Crippen molar-refractivity contribution in [3.05, 3.63) is 47.7 Å². The van der Waals surface area contributed by atoms with Gasteiger partial charge in [0.25, 0.3) is 0 Å². The number of halogens is 1. The minimum atomic E-state index is -0.314. The lowest BCUT2D eigenvalue weighted by Gasteiger charge is -2.28. The number of benzene rings is 1. The van der Waals surface area contributed by atoms with E-state index in [0.29, 0.717) is 43.6 Å². The quantitative estimate of drug-likeness (QED) is 0.780. The van der Waals surface area contributed by atoms with E-state index in [9.17, 15) is 9.18 Å². The fraction of sp³-hybridized carbons (Fsp3) is 0.333. The SMILES string of the molecule is Cc1cc(C2=CCCN(C(=O)CCn3ccnn3)C2)c(F)c2[nH]ncc12. The molecule has 1 amide bonds. The number of carbonyl (C=O) groups excluding carboxylic acids is 1. The van der Waals surface area contributed by atoms with E-state index in [4.69, 9.17) is 0 Å². The molecular weight excluding hydrogens is 335 g/mol. The van der Waals surface area contributed by atoms with Crippen LogP contribution in [0.1, 0.15) is 24.0 Å². The highest BCUT2D eigenvalue weighted by Gasteiger charge is 2.22. The number of hydrogen-bond donors (Lipinski definition) is 1. The Bertz CT molecular complexity index is 975. The molecule has 1 aliphatic heterocycles. The molecule has 1 N–H and O–H groups in total. The Morgan fingerprint density at radius 3 is 3.12 bits per heavy atom. The second kappa shape index (κ2) is 6.70. The van der Waals surface area contributed by atoms with Gasteiger partial charge in [-0.3, -0.25) is 14.6 Å². The number of fused-ring (bicyclic) bond motifs is 1. The minimum absolute atomic E-state index is 0.0332. The third kappa shape index (κ3) is 2.98. The first kappa shape index (κ1) is 16.4. The van der Waals surface area contributed by atoms with Crippen LogP contribution in [0, 0.1) is 12.7 Å². The molecule has 0 bridgehead atoms. The summed E-state index contributed by atoms with van der Waals surface area (Å²) in [5, 5.41) is 15.0. The normalized spacial score (nSPS) is 14.7. The molecule has 0 unspecified atom stereocenters. The van der Waals surface area contributed by atoms with Gasteiger partial charge in [0, 0.05) is 36.7 Å². The van der Waals surface area contributed by atoms with Crippen molar-refractivity contribution in [2.24, 2.45) is 0 Å². The Morgan fingerprint density at radius 2 is 2.31 bits per heavy atom. The highest BCUT2D eigenvalue weighted by atomic mass is 19.1. The molecule has 134 valence electrons. The summed E-state index contributed by atoms with van der Waals surface area (Å²) in [7, 11) is 0. The third-order valence-corrected chi connectivity index (χ3v) is 4.76. The fourth-order valence-corrected chi connectivity index (χ4v) is 3.35. The van der Waals surface area contributed by atoms with Gasteiger partial charge in [-0.15, -0.1) is 5.10 Å². The molecular formula is C18H19FN6O. The van der Waals surface area contributed by atoms with Gasteiger partial charge >= 0.3 is 0 Å². The van der Waals surface area contributed by atoms with Gasteiger partial charge in [-0.2, -0.15) is 5.10 Å². The van der Waals surface area contributed by atoms with Gasteiger partial charge in [0.15, 0.2) is 5.82 Å². The molecule has 0 spiro atoms. The maximum absolute atomic E-state index is 14.9. The second-order valence-electron chi connectivity index (χ2n) is 6.46. The Hall–Kier alpha value is -3.03. The third-order valence-electron chi connectivity index (χ3n) is 4.76. The molecule has 1 aliphatic rings. The van der Waals surface area contributed by atoms with Gasteiger partial charge in [0.2, 0.25) is 5.91 Å². The summed E-state index contributed by atoms with van der Waals surface area (Å²) in [4.78, 5) is 14.3. The van der Waals surface area contributed by atoms with E-state index in [1.807, 2.05) is 19.1 Å². The number of aryl methyl sites for hydroxylation is 2. The standard InChI is InChI=1S/C18H19FN6O/c1-12-9-14(17(19)18-15(12)10-21-22-18)13-3-2-6-24(11-13)16(26)4-7-25-8-5-20-23-25/h3,5,8-10H,2,4,6-7,11H2,1H3,(H,21,22). The van der Waals surface area contributed by atoms with Crippen molar-refractivity contribution in [1.29, 1.82) is 0 Å². The number of rotatable bonds is 4. The summed E-state index contributed by atoms with van der Waals surface area (Å²) in [6, 6.07) is 1.84. The summed E-state index contributed by atoms with van der Waals surface area (Å²) in [5.74, 6) is -0.280. The molecule has 0 saturated heterocycles. The predicted octanol–water partition coefficient (Wildman–Crippen LogP) is 2.31. The number of nitrogens with one attached hydrogen (secondary N) is 1. The number of amides is 1. The van der Waals surface area contributed by atoms with Crippen LogP contribution in [-0.4, -0.2) is 49.1 Å². The average Bonchev–Trinajstić information content (AvgIpc) is 3.34. The maximum atomic E-state index is 14.9. The van der Waals surface area contributed by atoms with Crippen LogP contribution in [0.4, 0.5) is 4.39 Å². The number of carbonyl (C=O) groups is 1. The van der Waals surface area contributed by atoms with Crippen molar-refractivity contribution >= 4 is 22.4 Å². The van der Waals surface area contributed by atoms with Crippen LogP contribution in [0.25, 0.3) is 16.5 Å². The van der Waals surface area contributed by atoms with Gasteiger partial charge in [0.1, 0.15) is 5.52 Å². The molecule has 0 saturated carbocycles. The first-order chi connectivity index (χ1) is 12.6. The summed E-state index contributed by atoms with van der Waals surface area (Å²) in [6.07, 6.45) is 8.02. The Morgan fingerprint density at radius 1 is 1.42 bits per heavy atom. The van der Waals surface area contributed by atoms with Gasteiger partial charge < -0.3 is 4.90 Å². The van der Waals surface area contributed by atoms with Gasteiger partial charge in [-0.1, -0.05) is 11.3 Å². The second-order valence-corrected chi connectivity index (χ2v) is 6.46. The molecule has 1 aromatic carbocycles. The van der Waals surface area contributed by atoms with Gasteiger partial charge in [-0.25, -0.2) is 4.39 Å². The lowest BCUT2D eigenvalue weighted by molar-refractivity contribution is -0.131. The summed E-state index contributed by atoms with van der Waals surface area (Å²) in [6.45, 7) is 3.48. The molecule has 8 heteroatoms. The topological polar surface area (TPSA) is 79.7 Å². The van der Waals surface area contributed by atoms with E-state index in [1.54, 1.807) is 28.2 Å². The van der Waals surface area contributed by atoms with Crippen LogP contribution in [0.15, 0.2) is 30.7 Å². The number of aromatic nitrogens is 5. The van der Waals surface area contributed by atoms with E-state index < -0.39 is 0 Å². The highest BCUT2D eigenvalue weighted by molar-refractivity contribution is 5.88. The zero-order valence-corrected chi connectivity index (χ0v) is 14.4. The molecule has 0 fully saturated rings. The van der Waals surface area contributed by atoms with Crippen LogP contribution >= 0.6 is 0 Å². The van der Waals surface area contributed by atoms with Crippen molar-refractivity contribution in [3.8, 4) is 0 Å². The zero-order valence-electron chi connectivity index (χ0n) is 14.4. The van der Waals surface area contributed by atoms with Gasteiger partial charge in [-0.05, 0) is 30.5 Å². The van der Waals surface area contributed by atoms with E-state index in [-0.39, 0.29) is 11.7 Å². The zero-order chi connectivity index (χ0) is 18.1. The molecule has 4 rings (SSSR count). The highest BCUT2D eigenvalue weighted by Crippen LogP contribution is 2.30. The molecule has 0 aliphatic carbocycles. The first-order valence-corrected chi connectivity index (χ1v) is 8.57. The van der Waals surface area contributed by atoms with Crippen LogP contribution < -0.4 is 0 Å². The van der Waals surface area contributed by atoms with Gasteiger partial charge in [0.05, 0.1) is 18.9 Å². The van der Waals surface area contributed by atoms with E-state index in [1.165, 1.54) is 0 Å². The number of H-pyrrole nitrogens is 1. The number of nitrogens with zero attached hydrogens (tertiary/aromatic N) is 5. The summed E-state index contributed by atoms with van der Waals surface area (Å²) >= 11 is 0. The van der Waals surface area contributed by atoms with E-state index >= 15 is 0 Å². The maximum Gasteiger partial charge on any atom is 0.224 e. The van der Waals surface area contributed by atoms with Crippen molar-refractivity contribution < 1.29 is 9.18 Å². The number of hydrogen-bond acceptors (Lipinski definition) is 4. The van der Waals surface area contributed by atoms with Crippen molar-refractivity contribution in [1.82, 2.24) is 30.1 Å². The lowest BCUT2D eigenvalue weighted by atomic mass is 9.97. The molecule has 3 heterocycles. The monoisotopic (exact) mass is 354 g/mol. The fourth-order valence-electron chi connectivity index (χ4n) is 3.35. The summed E-state index contributed by atoms with van der Waals surface area (Å²) < 4.78 is 16.5. The molecule has 0 radical (unpaired) electrons. The Kier molecular flexibility index (Phi) is 4.24. The molecule has 7 nitrogen and oxygen atoms in total.